The van der Waals surface area contributed by atoms with Crippen LogP contribution in [-0.2, 0) is 33.3 Å². The average molecular weight is 381 g/mol. The Balaban J connectivity index is 1.96. The van der Waals surface area contributed by atoms with E-state index in [1.54, 1.807) is 24.8 Å². The molecule has 0 aromatic carbocycles. The van der Waals surface area contributed by atoms with E-state index in [2.05, 4.69) is 0 Å². The molecule has 2 aliphatic heterocycles. The summed E-state index contributed by atoms with van der Waals surface area (Å²) in [5, 5.41) is 0. The molecule has 2 fully saturated rings. The number of likely N-dealkylation sites (tertiary alicyclic amines) is 1. The van der Waals surface area contributed by atoms with Gasteiger partial charge in [0.1, 0.15) is 12.2 Å². The van der Waals surface area contributed by atoms with Crippen LogP contribution in [0.15, 0.2) is 11.6 Å². The van der Waals surface area contributed by atoms with Crippen molar-refractivity contribution >= 4 is 17.8 Å². The number of nitrogens with zero attached hydrogens (tertiary/aromatic N) is 1. The lowest BCUT2D eigenvalue weighted by molar-refractivity contribution is -0.184. The van der Waals surface area contributed by atoms with Crippen molar-refractivity contribution in [2.75, 3.05) is 13.1 Å². The van der Waals surface area contributed by atoms with E-state index in [0.29, 0.717) is 18.7 Å². The molecule has 0 unspecified atom stereocenters. The van der Waals surface area contributed by atoms with Crippen molar-refractivity contribution < 1.29 is 33.3 Å². The first-order valence-corrected chi connectivity index (χ1v) is 9.39. The molecule has 0 N–H and O–H groups in total. The number of rotatable bonds is 3. The fraction of sp³-hybridized carbons (Fsp3) is 0.737. The minimum Gasteiger partial charge on any atom is -0.455 e. The first kappa shape index (κ1) is 19.8. The normalized spacial score (nSPS) is 32.3. The number of amides is 1. The first-order valence-electron chi connectivity index (χ1n) is 9.39. The van der Waals surface area contributed by atoms with Crippen LogP contribution in [0.2, 0.25) is 0 Å². The van der Waals surface area contributed by atoms with Gasteiger partial charge in [0.25, 0.3) is 5.91 Å². The highest BCUT2D eigenvalue weighted by Crippen LogP contribution is 2.40. The van der Waals surface area contributed by atoms with Crippen molar-refractivity contribution in [3.63, 3.8) is 0 Å². The van der Waals surface area contributed by atoms with Crippen molar-refractivity contribution in [3.8, 4) is 0 Å². The minimum absolute atomic E-state index is 0.149. The van der Waals surface area contributed by atoms with Crippen LogP contribution in [0.1, 0.15) is 47.0 Å². The third kappa shape index (κ3) is 4.32. The Hall–Kier alpha value is -1.93. The summed E-state index contributed by atoms with van der Waals surface area (Å²) in [6.07, 6.45) is 1.36. The molecule has 0 radical (unpaired) electrons. The Labute approximate surface area is 158 Å². The highest BCUT2D eigenvalue weighted by Gasteiger charge is 2.55. The van der Waals surface area contributed by atoms with Gasteiger partial charge in [-0.3, -0.25) is 14.4 Å². The Morgan fingerprint density at radius 1 is 1.04 bits per heavy atom. The van der Waals surface area contributed by atoms with E-state index in [4.69, 9.17) is 18.9 Å². The third-order valence-corrected chi connectivity index (χ3v) is 4.92. The Morgan fingerprint density at radius 2 is 1.67 bits per heavy atom. The molecule has 0 aromatic rings. The minimum atomic E-state index is -0.958. The molecule has 8 heteroatoms. The molecule has 27 heavy (non-hydrogen) atoms. The van der Waals surface area contributed by atoms with Gasteiger partial charge in [-0.25, -0.2) is 0 Å². The lowest BCUT2D eigenvalue weighted by Crippen LogP contribution is -2.53. The second-order valence-electron chi connectivity index (χ2n) is 7.64. The summed E-state index contributed by atoms with van der Waals surface area (Å²) >= 11 is 0. The second-order valence-corrected chi connectivity index (χ2v) is 7.64. The summed E-state index contributed by atoms with van der Waals surface area (Å²) in [6.45, 7) is 7.39. The number of piperidine rings is 1. The topological polar surface area (TPSA) is 91.4 Å². The van der Waals surface area contributed by atoms with Gasteiger partial charge >= 0.3 is 11.9 Å². The van der Waals surface area contributed by atoms with Crippen LogP contribution in [0.25, 0.3) is 0 Å². The van der Waals surface area contributed by atoms with Gasteiger partial charge in [0.15, 0.2) is 18.0 Å². The van der Waals surface area contributed by atoms with E-state index in [0.717, 1.165) is 19.3 Å². The smallest absolute Gasteiger partial charge is 0.303 e. The second kappa shape index (κ2) is 7.59. The van der Waals surface area contributed by atoms with Gasteiger partial charge in [-0.1, -0.05) is 0 Å². The van der Waals surface area contributed by atoms with E-state index in [-0.39, 0.29) is 5.91 Å². The molecule has 1 amide bonds. The lowest BCUT2D eigenvalue weighted by atomic mass is 9.88. The highest BCUT2D eigenvalue weighted by molar-refractivity contribution is 5.95. The quantitative estimate of drug-likeness (QED) is 0.681. The molecule has 0 aromatic heterocycles. The fourth-order valence-electron chi connectivity index (χ4n) is 3.91. The number of fused-ring (bicyclic) bond motifs is 1. The predicted molar refractivity (Wildman–Crippen MR) is 93.4 cm³/mol. The molecule has 3 rings (SSSR count). The molecular formula is C19H27NO7. The molecule has 2 heterocycles. The maximum Gasteiger partial charge on any atom is 0.303 e. The molecule has 0 saturated carbocycles. The third-order valence-electron chi connectivity index (χ3n) is 4.92. The van der Waals surface area contributed by atoms with Gasteiger partial charge < -0.3 is 23.8 Å². The molecule has 2 saturated heterocycles. The Morgan fingerprint density at radius 3 is 2.26 bits per heavy atom. The number of carbonyl (C=O) groups excluding carboxylic acids is 3. The van der Waals surface area contributed by atoms with Crippen molar-refractivity contribution in [2.24, 2.45) is 0 Å². The van der Waals surface area contributed by atoms with Gasteiger partial charge in [0, 0.05) is 32.5 Å². The monoisotopic (exact) mass is 381 g/mol. The number of hydrogen-bond acceptors (Lipinski definition) is 7. The largest absolute Gasteiger partial charge is 0.455 e. The summed E-state index contributed by atoms with van der Waals surface area (Å²) in [5.74, 6) is -2.16. The highest BCUT2D eigenvalue weighted by atomic mass is 16.8. The van der Waals surface area contributed by atoms with Crippen molar-refractivity contribution in [1.82, 2.24) is 4.90 Å². The summed E-state index contributed by atoms with van der Waals surface area (Å²) in [5.41, 5.74) is 0.391. The standard InChI is InChI=1S/C19H27NO7/c1-11(21)24-14-10-13(18(23)20-8-6-5-7-9-20)15-17(16(14)25-12(2)22)27-19(3,4)26-15/h10,14-17H,5-9H2,1-4H3/t14-,15+,16+,17+/m0/s1. The summed E-state index contributed by atoms with van der Waals surface area (Å²) in [4.78, 5) is 38.1. The molecule has 1 aliphatic carbocycles. The SMILES string of the molecule is CC(=O)O[C@H]1[C@@H]2OC(C)(C)O[C@@H]2C(C(=O)N2CCCCC2)=C[C@@H]1OC(C)=O. The van der Waals surface area contributed by atoms with Crippen LogP contribution in [0.4, 0.5) is 0 Å². The molecule has 0 spiro atoms. The summed E-state index contributed by atoms with van der Waals surface area (Å²) < 4.78 is 22.7. The summed E-state index contributed by atoms with van der Waals surface area (Å²) in [7, 11) is 0. The molecular weight excluding hydrogens is 354 g/mol. The fourth-order valence-corrected chi connectivity index (χ4v) is 3.91. The number of esters is 2. The van der Waals surface area contributed by atoms with Crippen LogP contribution >= 0.6 is 0 Å². The van der Waals surface area contributed by atoms with Gasteiger partial charge in [-0.2, -0.15) is 0 Å². The van der Waals surface area contributed by atoms with Gasteiger partial charge in [-0.15, -0.1) is 0 Å². The van der Waals surface area contributed by atoms with E-state index in [9.17, 15) is 14.4 Å². The van der Waals surface area contributed by atoms with Crippen LogP contribution < -0.4 is 0 Å². The number of ether oxygens (including phenoxy) is 4. The Bertz CT molecular complexity index is 650. The van der Waals surface area contributed by atoms with Gasteiger partial charge in [-0.05, 0) is 39.2 Å². The van der Waals surface area contributed by atoms with Gasteiger partial charge in [0.05, 0.1) is 0 Å². The zero-order valence-electron chi connectivity index (χ0n) is 16.2. The van der Waals surface area contributed by atoms with Crippen LogP contribution in [-0.4, -0.2) is 66.0 Å². The van der Waals surface area contributed by atoms with Crippen LogP contribution in [0.3, 0.4) is 0 Å². The first-order chi connectivity index (χ1) is 12.7. The molecule has 0 bridgehead atoms. The van der Waals surface area contributed by atoms with E-state index in [1.165, 1.54) is 13.8 Å². The van der Waals surface area contributed by atoms with Crippen molar-refractivity contribution in [1.29, 1.82) is 0 Å². The van der Waals surface area contributed by atoms with Crippen LogP contribution in [0.5, 0.6) is 0 Å². The number of hydrogen-bond donors (Lipinski definition) is 0. The molecule has 150 valence electrons. The van der Waals surface area contributed by atoms with Crippen LogP contribution in [0, 0.1) is 0 Å². The van der Waals surface area contributed by atoms with E-state index >= 15 is 0 Å². The van der Waals surface area contributed by atoms with E-state index < -0.39 is 42.1 Å². The lowest BCUT2D eigenvalue weighted by Gasteiger charge is -2.37. The zero-order chi connectivity index (χ0) is 19.8. The molecule has 3 aliphatic rings. The molecule has 8 nitrogen and oxygen atoms in total. The number of carbonyl (C=O) groups is 3. The van der Waals surface area contributed by atoms with E-state index in [1.807, 2.05) is 0 Å². The van der Waals surface area contributed by atoms with Crippen molar-refractivity contribution in [2.45, 2.75) is 77.2 Å². The average Bonchev–Trinajstić information content (AvgIpc) is 2.91. The molecule has 4 atom stereocenters. The Kier molecular flexibility index (Phi) is 5.58. The predicted octanol–water partition coefficient (Wildman–Crippen LogP) is 1.32. The van der Waals surface area contributed by atoms with Crippen molar-refractivity contribution in [3.05, 3.63) is 11.6 Å². The maximum absolute atomic E-state index is 13.1. The summed E-state index contributed by atoms with van der Waals surface area (Å²) in [6, 6.07) is 0. The zero-order valence-corrected chi connectivity index (χ0v) is 16.2. The van der Waals surface area contributed by atoms with Gasteiger partial charge in [0.2, 0.25) is 0 Å². The maximum atomic E-state index is 13.1.